The predicted molar refractivity (Wildman–Crippen MR) is 161 cm³/mol. The Morgan fingerprint density at radius 2 is 1.75 bits per heavy atom. The molecule has 1 aliphatic carbocycles. The average Bonchev–Trinajstić information content (AvgIpc) is 3.78. The quantitative estimate of drug-likeness (QED) is 0.247. The summed E-state index contributed by atoms with van der Waals surface area (Å²) in [5, 5.41) is 3.59. The van der Waals surface area contributed by atoms with Gasteiger partial charge in [0.1, 0.15) is 11.6 Å². The molecule has 0 spiro atoms. The lowest BCUT2D eigenvalue weighted by atomic mass is 10.0. The fraction of sp³-hybridized carbons (Fsp3) is 0.471. The van der Waals surface area contributed by atoms with Crippen molar-refractivity contribution in [2.45, 2.75) is 58.0 Å². The third kappa shape index (κ3) is 6.69. The van der Waals surface area contributed by atoms with E-state index in [0.29, 0.717) is 25.2 Å². The van der Waals surface area contributed by atoms with Gasteiger partial charge < -0.3 is 24.4 Å². The third-order valence-electron chi connectivity index (χ3n) is 8.16. The molecular formula is C34H41N3O3. The molecule has 2 aromatic carbocycles. The largest absolute Gasteiger partial charge is 0.494 e. The first-order valence-electron chi connectivity index (χ1n) is 15.1. The number of morpholine rings is 1. The highest BCUT2D eigenvalue weighted by atomic mass is 16.5. The van der Waals surface area contributed by atoms with Gasteiger partial charge in [-0.3, -0.25) is 0 Å². The Hall–Kier alpha value is -3.31. The first-order chi connectivity index (χ1) is 19.8. The number of hydrogen-bond acceptors (Lipinski definition) is 6. The molecule has 1 saturated carbocycles. The van der Waals surface area contributed by atoms with Crippen LogP contribution in [0.5, 0.6) is 5.75 Å². The van der Waals surface area contributed by atoms with E-state index < -0.39 is 0 Å². The van der Waals surface area contributed by atoms with E-state index in [9.17, 15) is 0 Å². The summed E-state index contributed by atoms with van der Waals surface area (Å²) >= 11 is 0. The summed E-state index contributed by atoms with van der Waals surface area (Å²) in [6.07, 6.45) is 11.2. The first kappa shape index (κ1) is 26.9. The van der Waals surface area contributed by atoms with E-state index in [-0.39, 0.29) is 0 Å². The van der Waals surface area contributed by atoms with Crippen LogP contribution in [0, 0.1) is 5.92 Å². The second-order valence-electron chi connectivity index (χ2n) is 11.3. The van der Waals surface area contributed by atoms with E-state index >= 15 is 0 Å². The van der Waals surface area contributed by atoms with E-state index in [0.717, 1.165) is 67.0 Å². The molecule has 1 unspecified atom stereocenters. The van der Waals surface area contributed by atoms with Gasteiger partial charge in [0.15, 0.2) is 5.82 Å². The molecule has 6 rings (SSSR count). The van der Waals surface area contributed by atoms with Crippen LogP contribution in [0.4, 0.5) is 5.69 Å². The maximum Gasteiger partial charge on any atom is 0.175 e. The van der Waals surface area contributed by atoms with Crippen LogP contribution in [0.15, 0.2) is 82.3 Å². The fourth-order valence-electron chi connectivity index (χ4n) is 5.56. The van der Waals surface area contributed by atoms with Gasteiger partial charge in [0.2, 0.25) is 0 Å². The molecule has 40 heavy (non-hydrogen) atoms. The zero-order chi connectivity index (χ0) is 27.1. The number of amidine groups is 1. The number of anilines is 1. The zero-order valence-corrected chi connectivity index (χ0v) is 23.7. The van der Waals surface area contributed by atoms with Crippen LogP contribution < -0.4 is 10.1 Å². The van der Waals surface area contributed by atoms with Gasteiger partial charge in [-0.25, -0.2) is 4.99 Å². The molecule has 6 heteroatoms. The normalized spacial score (nSPS) is 20.6. The minimum atomic E-state index is 0.310. The second-order valence-corrected chi connectivity index (χ2v) is 11.3. The van der Waals surface area contributed by atoms with Gasteiger partial charge in [0.25, 0.3) is 0 Å². The molecule has 0 aromatic heterocycles. The summed E-state index contributed by atoms with van der Waals surface area (Å²) in [5.74, 6) is 3.37. The number of aliphatic imine (C=N–C) groups is 1. The number of unbranched alkanes of at least 4 members (excludes halogenated alkanes) is 4. The minimum Gasteiger partial charge on any atom is -0.494 e. The molecule has 1 saturated heterocycles. The molecule has 1 N–H and O–H groups in total. The Balaban J connectivity index is 1.10. The maximum absolute atomic E-state index is 6.04. The molecule has 210 valence electrons. The number of rotatable bonds is 11. The molecule has 0 radical (unpaired) electrons. The summed E-state index contributed by atoms with van der Waals surface area (Å²) < 4.78 is 17.8. The van der Waals surface area contributed by atoms with Crippen molar-refractivity contribution in [1.82, 2.24) is 4.90 Å². The number of benzene rings is 2. The molecular weight excluding hydrogens is 498 g/mol. The van der Waals surface area contributed by atoms with Gasteiger partial charge in [-0.05, 0) is 72.2 Å². The smallest absolute Gasteiger partial charge is 0.175 e. The van der Waals surface area contributed by atoms with Crippen molar-refractivity contribution >= 4 is 11.5 Å². The third-order valence-corrected chi connectivity index (χ3v) is 8.16. The molecule has 0 bridgehead atoms. The van der Waals surface area contributed by atoms with Crippen LogP contribution in [0.3, 0.4) is 0 Å². The maximum atomic E-state index is 6.04. The average molecular weight is 540 g/mol. The fourth-order valence-corrected chi connectivity index (χ4v) is 5.56. The van der Waals surface area contributed by atoms with Gasteiger partial charge >= 0.3 is 0 Å². The van der Waals surface area contributed by atoms with Gasteiger partial charge in [-0.1, -0.05) is 62.6 Å². The topological polar surface area (TPSA) is 55.3 Å². The predicted octanol–water partition coefficient (Wildman–Crippen LogP) is 6.96. The van der Waals surface area contributed by atoms with Gasteiger partial charge in [-0.2, -0.15) is 0 Å². The lowest BCUT2D eigenvalue weighted by Crippen LogP contribution is -2.42. The summed E-state index contributed by atoms with van der Waals surface area (Å²) in [5.41, 5.74) is 9.07. The van der Waals surface area contributed by atoms with Gasteiger partial charge in [0, 0.05) is 24.4 Å². The van der Waals surface area contributed by atoms with E-state index in [1.165, 1.54) is 49.7 Å². The first-order valence-corrected chi connectivity index (χ1v) is 15.1. The highest BCUT2D eigenvalue weighted by molar-refractivity contribution is 6.10. The molecule has 2 aromatic rings. The van der Waals surface area contributed by atoms with Crippen LogP contribution in [0.2, 0.25) is 0 Å². The van der Waals surface area contributed by atoms with Crippen LogP contribution in [-0.4, -0.2) is 56.4 Å². The van der Waals surface area contributed by atoms with Crippen LogP contribution in [-0.2, 0) is 9.47 Å². The number of nitrogens with zero attached hydrogens (tertiary/aromatic N) is 2. The number of nitrogens with one attached hydrogen (secondary N) is 1. The monoisotopic (exact) mass is 539 g/mol. The summed E-state index contributed by atoms with van der Waals surface area (Å²) in [7, 11) is 0. The Morgan fingerprint density at radius 1 is 0.975 bits per heavy atom. The van der Waals surface area contributed by atoms with Crippen molar-refractivity contribution in [1.29, 1.82) is 0 Å². The summed E-state index contributed by atoms with van der Waals surface area (Å²) in [6, 6.07) is 17.0. The van der Waals surface area contributed by atoms with Crippen molar-refractivity contribution in [3.05, 3.63) is 77.3 Å². The van der Waals surface area contributed by atoms with Crippen molar-refractivity contribution < 1.29 is 14.2 Å². The molecule has 0 amide bonds. The number of ether oxygens (including phenoxy) is 3. The highest BCUT2D eigenvalue weighted by Gasteiger charge is 2.36. The van der Waals surface area contributed by atoms with Crippen LogP contribution in [0.1, 0.15) is 51.9 Å². The summed E-state index contributed by atoms with van der Waals surface area (Å²) in [4.78, 5) is 7.42. The van der Waals surface area contributed by atoms with Crippen molar-refractivity contribution in [2.24, 2.45) is 10.9 Å². The molecule has 1 atom stereocenters. The summed E-state index contributed by atoms with van der Waals surface area (Å²) in [6.45, 7) is 6.66. The molecule has 4 aliphatic rings. The Kier molecular flexibility index (Phi) is 8.68. The highest BCUT2D eigenvalue weighted by Crippen LogP contribution is 2.36. The lowest BCUT2D eigenvalue weighted by Gasteiger charge is -2.34. The van der Waals surface area contributed by atoms with Crippen molar-refractivity contribution in [2.75, 3.05) is 44.8 Å². The standard InChI is InChI=1S/C34H41N3O3/c1-2-3-4-5-6-20-39-30-16-11-26(12-17-30)25-9-14-29(15-10-25)35-34-31-24-38-23-28(31)13-18-33(36-34)37-19-21-40-32(22-37)27-7-8-27/h9-17,27,32H,2-8,19-24H2,1H3,(H,35,36). The van der Waals surface area contributed by atoms with E-state index in [1.54, 1.807) is 0 Å². The SMILES string of the molecule is CCCCCCCOc1ccc(-c2ccc(NC3=NC(N4CCOC(C5CC5)C4)=C=CC4=C3COC4)cc2)cc1. The lowest BCUT2D eigenvalue weighted by molar-refractivity contribution is -0.0282. The molecule has 2 fully saturated rings. The van der Waals surface area contributed by atoms with Gasteiger partial charge in [0.05, 0.1) is 32.5 Å². The van der Waals surface area contributed by atoms with E-state index in [2.05, 4.69) is 77.5 Å². The Morgan fingerprint density at radius 3 is 2.52 bits per heavy atom. The van der Waals surface area contributed by atoms with Crippen molar-refractivity contribution in [3.63, 3.8) is 0 Å². The molecule has 3 aliphatic heterocycles. The van der Waals surface area contributed by atoms with Crippen LogP contribution >= 0.6 is 0 Å². The van der Waals surface area contributed by atoms with Crippen molar-refractivity contribution in [3.8, 4) is 16.9 Å². The molecule has 6 nitrogen and oxygen atoms in total. The Bertz CT molecular complexity index is 1280. The van der Waals surface area contributed by atoms with E-state index in [1.807, 2.05) is 0 Å². The van der Waals surface area contributed by atoms with E-state index in [4.69, 9.17) is 19.2 Å². The zero-order valence-electron chi connectivity index (χ0n) is 23.7. The van der Waals surface area contributed by atoms with Gasteiger partial charge in [-0.15, -0.1) is 0 Å². The number of hydrogen-bond donors (Lipinski definition) is 1. The molecule has 3 heterocycles. The second kappa shape index (κ2) is 12.9. The minimum absolute atomic E-state index is 0.310. The van der Waals surface area contributed by atoms with Crippen LogP contribution in [0.25, 0.3) is 11.1 Å². The Labute approximate surface area is 238 Å².